The average molecular weight is 388 g/mol. The SMILES string of the molecule is O=C(O)CN1C(O)C(NC(=O)c2ccccc2C(=O)O)C1CCc1ccco1. The molecule has 1 aromatic carbocycles. The van der Waals surface area contributed by atoms with Crippen LogP contribution in [0.15, 0.2) is 47.1 Å². The highest BCUT2D eigenvalue weighted by atomic mass is 16.4. The van der Waals surface area contributed by atoms with E-state index >= 15 is 0 Å². The van der Waals surface area contributed by atoms with Crippen LogP contribution in [0.1, 0.15) is 32.9 Å². The lowest BCUT2D eigenvalue weighted by Crippen LogP contribution is -2.73. The van der Waals surface area contributed by atoms with Crippen LogP contribution in [0.2, 0.25) is 0 Å². The minimum absolute atomic E-state index is 0.0244. The number of aryl methyl sites for hydroxylation is 1. The second-order valence-corrected chi connectivity index (χ2v) is 6.52. The highest BCUT2D eigenvalue weighted by Gasteiger charge is 2.48. The van der Waals surface area contributed by atoms with Gasteiger partial charge >= 0.3 is 11.9 Å². The van der Waals surface area contributed by atoms with Crippen LogP contribution in [0.3, 0.4) is 0 Å². The molecule has 1 saturated heterocycles. The summed E-state index contributed by atoms with van der Waals surface area (Å²) in [5.74, 6) is -2.26. The summed E-state index contributed by atoms with van der Waals surface area (Å²) < 4.78 is 5.27. The number of benzene rings is 1. The van der Waals surface area contributed by atoms with Crippen molar-refractivity contribution in [2.24, 2.45) is 0 Å². The number of carbonyl (C=O) groups is 3. The summed E-state index contributed by atoms with van der Waals surface area (Å²) in [5, 5.41) is 31.3. The summed E-state index contributed by atoms with van der Waals surface area (Å²) in [6, 6.07) is 8.12. The van der Waals surface area contributed by atoms with Crippen LogP contribution in [-0.2, 0) is 11.2 Å². The molecule has 0 bridgehead atoms. The first-order valence-electron chi connectivity index (χ1n) is 8.69. The van der Waals surface area contributed by atoms with E-state index in [1.54, 1.807) is 18.2 Å². The van der Waals surface area contributed by atoms with Gasteiger partial charge < -0.3 is 25.1 Å². The Balaban J connectivity index is 1.74. The number of carbonyl (C=O) groups excluding carboxylic acids is 1. The van der Waals surface area contributed by atoms with Crippen LogP contribution in [0.5, 0.6) is 0 Å². The number of rotatable bonds is 8. The van der Waals surface area contributed by atoms with Gasteiger partial charge in [0.1, 0.15) is 12.0 Å². The van der Waals surface area contributed by atoms with E-state index in [-0.39, 0.29) is 17.7 Å². The quantitative estimate of drug-likeness (QED) is 0.520. The summed E-state index contributed by atoms with van der Waals surface area (Å²) in [6.45, 7) is -0.373. The molecular formula is C19H20N2O7. The molecule has 148 valence electrons. The average Bonchev–Trinajstić information content (AvgIpc) is 3.19. The minimum Gasteiger partial charge on any atom is -0.480 e. The monoisotopic (exact) mass is 388 g/mol. The van der Waals surface area contributed by atoms with Gasteiger partial charge in [-0.1, -0.05) is 12.1 Å². The molecule has 3 atom stereocenters. The molecule has 28 heavy (non-hydrogen) atoms. The second-order valence-electron chi connectivity index (χ2n) is 6.52. The summed E-state index contributed by atoms with van der Waals surface area (Å²) in [6.07, 6.45) is 1.29. The lowest BCUT2D eigenvalue weighted by molar-refractivity contribution is -0.168. The number of nitrogens with one attached hydrogen (secondary N) is 1. The number of likely N-dealkylation sites (tertiary alicyclic amines) is 1. The molecule has 1 aliphatic heterocycles. The van der Waals surface area contributed by atoms with E-state index < -0.39 is 36.2 Å². The second kappa shape index (κ2) is 8.24. The number of amides is 1. The van der Waals surface area contributed by atoms with Crippen molar-refractivity contribution in [1.29, 1.82) is 0 Å². The number of aromatic carboxylic acids is 1. The van der Waals surface area contributed by atoms with Crippen molar-refractivity contribution in [3.63, 3.8) is 0 Å². The third-order valence-electron chi connectivity index (χ3n) is 4.79. The van der Waals surface area contributed by atoms with Crippen LogP contribution < -0.4 is 5.32 Å². The van der Waals surface area contributed by atoms with E-state index in [0.29, 0.717) is 18.6 Å². The van der Waals surface area contributed by atoms with Gasteiger partial charge in [-0.25, -0.2) is 4.79 Å². The first kappa shape index (κ1) is 19.6. The number of nitrogens with zero attached hydrogens (tertiary/aromatic N) is 1. The van der Waals surface area contributed by atoms with Crippen molar-refractivity contribution in [2.75, 3.05) is 6.54 Å². The van der Waals surface area contributed by atoms with Crippen molar-refractivity contribution >= 4 is 17.8 Å². The first-order chi connectivity index (χ1) is 13.4. The molecule has 1 fully saturated rings. The molecule has 3 rings (SSSR count). The van der Waals surface area contributed by atoms with Gasteiger partial charge in [0.25, 0.3) is 5.91 Å². The normalized spacial score (nSPS) is 21.7. The fourth-order valence-corrected chi connectivity index (χ4v) is 3.43. The summed E-state index contributed by atoms with van der Waals surface area (Å²) >= 11 is 0. The Morgan fingerprint density at radius 3 is 2.39 bits per heavy atom. The van der Waals surface area contributed by atoms with Crippen molar-refractivity contribution in [3.05, 3.63) is 59.5 Å². The summed E-state index contributed by atoms with van der Waals surface area (Å²) in [4.78, 5) is 36.4. The van der Waals surface area contributed by atoms with Gasteiger partial charge in [-0.15, -0.1) is 0 Å². The Morgan fingerprint density at radius 2 is 1.79 bits per heavy atom. The van der Waals surface area contributed by atoms with E-state index in [2.05, 4.69) is 5.32 Å². The molecule has 1 aliphatic rings. The number of furan rings is 1. The van der Waals surface area contributed by atoms with E-state index in [0.717, 1.165) is 0 Å². The van der Waals surface area contributed by atoms with Gasteiger partial charge in [-0.2, -0.15) is 0 Å². The zero-order valence-electron chi connectivity index (χ0n) is 14.8. The Kier molecular flexibility index (Phi) is 5.76. The molecule has 0 spiro atoms. The van der Waals surface area contributed by atoms with Gasteiger partial charge in [0.2, 0.25) is 0 Å². The van der Waals surface area contributed by atoms with Crippen molar-refractivity contribution < 1.29 is 34.1 Å². The summed E-state index contributed by atoms with van der Waals surface area (Å²) in [5.41, 5.74) is -0.174. The van der Waals surface area contributed by atoms with Gasteiger partial charge in [-0.05, 0) is 30.7 Å². The van der Waals surface area contributed by atoms with Crippen molar-refractivity contribution in [3.8, 4) is 0 Å². The van der Waals surface area contributed by atoms with Crippen molar-refractivity contribution in [2.45, 2.75) is 31.2 Å². The standard InChI is InChI=1S/C19H20N2O7/c22-15(23)10-21-14(8-7-11-4-3-9-28-11)16(18(21)25)20-17(24)12-5-1-2-6-13(12)19(26)27/h1-6,9,14,16,18,25H,7-8,10H2,(H,20,24)(H,22,23)(H,26,27). The summed E-state index contributed by atoms with van der Waals surface area (Å²) in [7, 11) is 0. The molecule has 1 aromatic heterocycles. The highest BCUT2D eigenvalue weighted by molar-refractivity contribution is 6.04. The van der Waals surface area contributed by atoms with Crippen LogP contribution >= 0.6 is 0 Å². The Bertz CT molecular complexity index is 865. The van der Waals surface area contributed by atoms with Gasteiger partial charge in [0.15, 0.2) is 0 Å². The largest absolute Gasteiger partial charge is 0.480 e. The number of hydrogen-bond acceptors (Lipinski definition) is 6. The lowest BCUT2D eigenvalue weighted by atomic mass is 9.88. The Morgan fingerprint density at radius 1 is 1.07 bits per heavy atom. The fraction of sp³-hybridized carbons (Fsp3) is 0.316. The molecule has 9 heteroatoms. The molecule has 4 N–H and O–H groups in total. The van der Waals surface area contributed by atoms with Gasteiger partial charge in [0, 0.05) is 12.5 Å². The van der Waals surface area contributed by atoms with Gasteiger partial charge in [0.05, 0.1) is 30.0 Å². The molecule has 3 unspecified atom stereocenters. The predicted molar refractivity (Wildman–Crippen MR) is 95.8 cm³/mol. The molecule has 9 nitrogen and oxygen atoms in total. The van der Waals surface area contributed by atoms with Gasteiger partial charge in [-0.3, -0.25) is 14.5 Å². The maximum atomic E-state index is 12.6. The Labute approximate surface area is 160 Å². The number of carboxylic acid groups (broad SMARTS) is 2. The smallest absolute Gasteiger partial charge is 0.336 e. The zero-order chi connectivity index (χ0) is 20.3. The molecule has 0 saturated carbocycles. The number of aliphatic hydroxyl groups is 1. The number of aliphatic carboxylic acids is 1. The molecular weight excluding hydrogens is 368 g/mol. The van der Waals surface area contributed by atoms with E-state index in [9.17, 15) is 24.6 Å². The van der Waals surface area contributed by atoms with Crippen LogP contribution in [0.4, 0.5) is 0 Å². The highest BCUT2D eigenvalue weighted by Crippen LogP contribution is 2.29. The van der Waals surface area contributed by atoms with Crippen molar-refractivity contribution in [1.82, 2.24) is 10.2 Å². The predicted octanol–water partition coefficient (Wildman–Crippen LogP) is 0.796. The first-order valence-corrected chi connectivity index (χ1v) is 8.69. The maximum Gasteiger partial charge on any atom is 0.336 e. The number of aliphatic hydroxyl groups excluding tert-OH is 1. The number of carboxylic acids is 2. The minimum atomic E-state index is -1.23. The maximum absolute atomic E-state index is 12.6. The van der Waals surface area contributed by atoms with E-state index in [4.69, 9.17) is 9.52 Å². The number of hydrogen-bond donors (Lipinski definition) is 4. The lowest BCUT2D eigenvalue weighted by Gasteiger charge is -2.52. The molecule has 0 aliphatic carbocycles. The fourth-order valence-electron chi connectivity index (χ4n) is 3.43. The molecule has 2 aromatic rings. The Hall–Kier alpha value is -3.17. The van der Waals surface area contributed by atoms with E-state index in [1.807, 2.05) is 0 Å². The molecule has 1 amide bonds. The third-order valence-corrected chi connectivity index (χ3v) is 4.79. The topological polar surface area (TPSA) is 140 Å². The third kappa shape index (κ3) is 4.05. The van der Waals surface area contributed by atoms with Crippen LogP contribution in [-0.4, -0.2) is 62.9 Å². The van der Waals surface area contributed by atoms with E-state index in [1.165, 1.54) is 29.4 Å². The molecule has 0 radical (unpaired) electrons. The molecule has 2 heterocycles. The zero-order valence-corrected chi connectivity index (χ0v) is 14.8. The van der Waals surface area contributed by atoms with Crippen LogP contribution in [0, 0.1) is 0 Å². The van der Waals surface area contributed by atoms with Crippen LogP contribution in [0.25, 0.3) is 0 Å².